The van der Waals surface area contributed by atoms with Crippen molar-refractivity contribution in [1.82, 2.24) is 15.5 Å². The first-order valence-electron chi connectivity index (χ1n) is 6.65. The molecule has 1 amide bonds. The highest BCUT2D eigenvalue weighted by Gasteiger charge is 2.32. The lowest BCUT2D eigenvalue weighted by Gasteiger charge is -2.26. The van der Waals surface area contributed by atoms with Crippen molar-refractivity contribution in [2.45, 2.75) is 25.4 Å². The van der Waals surface area contributed by atoms with Crippen molar-refractivity contribution in [3.63, 3.8) is 0 Å². The van der Waals surface area contributed by atoms with Crippen LogP contribution in [0.1, 0.15) is 35.5 Å². The smallest absolute Gasteiger partial charge is 0.350 e. The van der Waals surface area contributed by atoms with Crippen LogP contribution in [-0.2, 0) is 11.6 Å². The average molecular weight is 311 g/mol. The summed E-state index contributed by atoms with van der Waals surface area (Å²) in [5.74, 6) is -0.349. The van der Waals surface area contributed by atoms with Crippen molar-refractivity contribution >= 4 is 5.91 Å². The van der Waals surface area contributed by atoms with E-state index < -0.39 is 17.2 Å². The number of alkyl halides is 3. The molecule has 0 fully saturated rings. The zero-order valence-corrected chi connectivity index (χ0v) is 12.2. The lowest BCUT2D eigenvalue weighted by molar-refractivity contribution is -0.137. The minimum absolute atomic E-state index is 0.201. The Morgan fingerprint density at radius 1 is 1.23 bits per heavy atom. The molecule has 0 aliphatic rings. The molecule has 4 nitrogen and oxygen atoms in total. The maximum Gasteiger partial charge on any atom is 0.416 e. The van der Waals surface area contributed by atoms with E-state index in [1.165, 1.54) is 18.3 Å². The molecule has 0 aliphatic heterocycles. The van der Waals surface area contributed by atoms with E-state index in [0.29, 0.717) is 11.3 Å². The molecule has 0 aliphatic carbocycles. The van der Waals surface area contributed by atoms with Crippen LogP contribution in [0.5, 0.6) is 0 Å². The molecule has 22 heavy (non-hydrogen) atoms. The second-order valence-electron chi connectivity index (χ2n) is 5.62. The molecule has 2 aromatic rings. The van der Waals surface area contributed by atoms with Crippen LogP contribution >= 0.6 is 0 Å². The van der Waals surface area contributed by atoms with Gasteiger partial charge < -0.3 is 5.32 Å². The van der Waals surface area contributed by atoms with Crippen LogP contribution in [0.4, 0.5) is 13.2 Å². The van der Waals surface area contributed by atoms with Gasteiger partial charge in [-0.1, -0.05) is 32.0 Å². The number of H-pyrrole nitrogens is 1. The van der Waals surface area contributed by atoms with Gasteiger partial charge in [-0.15, -0.1) is 0 Å². The van der Waals surface area contributed by atoms with Crippen molar-refractivity contribution in [2.24, 2.45) is 0 Å². The van der Waals surface area contributed by atoms with E-state index in [1.807, 2.05) is 0 Å². The highest BCUT2D eigenvalue weighted by atomic mass is 19.4. The van der Waals surface area contributed by atoms with E-state index >= 15 is 0 Å². The molecule has 0 bridgehead atoms. The largest absolute Gasteiger partial charge is 0.416 e. The summed E-state index contributed by atoms with van der Waals surface area (Å²) in [5, 5.41) is 8.90. The van der Waals surface area contributed by atoms with Crippen molar-refractivity contribution < 1.29 is 18.0 Å². The van der Waals surface area contributed by atoms with Crippen LogP contribution in [-0.4, -0.2) is 22.6 Å². The van der Waals surface area contributed by atoms with Gasteiger partial charge in [-0.3, -0.25) is 9.89 Å². The van der Waals surface area contributed by atoms with Crippen molar-refractivity contribution in [3.05, 3.63) is 53.3 Å². The van der Waals surface area contributed by atoms with Gasteiger partial charge in [0.05, 0.1) is 5.56 Å². The van der Waals surface area contributed by atoms with Gasteiger partial charge in [0.15, 0.2) is 0 Å². The van der Waals surface area contributed by atoms with Gasteiger partial charge in [-0.25, -0.2) is 0 Å². The Balaban J connectivity index is 2.11. The summed E-state index contributed by atoms with van der Waals surface area (Å²) in [6.07, 6.45) is -2.93. The second-order valence-corrected chi connectivity index (χ2v) is 5.62. The van der Waals surface area contributed by atoms with Crippen molar-refractivity contribution in [2.75, 3.05) is 6.54 Å². The number of carbonyl (C=O) groups is 1. The van der Waals surface area contributed by atoms with Gasteiger partial charge in [0.25, 0.3) is 5.91 Å². The van der Waals surface area contributed by atoms with E-state index in [9.17, 15) is 18.0 Å². The standard InChI is InChI=1S/C15H16F3N3O/c1-14(2,9-19-13(22)12-6-7-20-21-12)10-4-3-5-11(8-10)15(16,17)18/h3-8H,9H2,1-2H3,(H,19,22)(H,20,21). The zero-order valence-electron chi connectivity index (χ0n) is 12.2. The first kappa shape index (κ1) is 16.1. The lowest BCUT2D eigenvalue weighted by atomic mass is 9.83. The maximum atomic E-state index is 12.8. The molecular weight excluding hydrogens is 295 g/mol. The fourth-order valence-corrected chi connectivity index (χ4v) is 2.00. The van der Waals surface area contributed by atoms with Gasteiger partial charge in [0.1, 0.15) is 5.69 Å². The fourth-order valence-electron chi connectivity index (χ4n) is 2.00. The normalized spacial score (nSPS) is 12.2. The summed E-state index contributed by atoms with van der Waals surface area (Å²) in [4.78, 5) is 11.8. The molecule has 0 saturated carbocycles. The van der Waals surface area contributed by atoms with E-state index in [1.54, 1.807) is 19.9 Å². The zero-order chi connectivity index (χ0) is 16.4. The highest BCUT2D eigenvalue weighted by molar-refractivity contribution is 5.92. The number of rotatable bonds is 4. The Morgan fingerprint density at radius 3 is 2.50 bits per heavy atom. The van der Waals surface area contributed by atoms with Gasteiger partial charge in [0.2, 0.25) is 0 Å². The quantitative estimate of drug-likeness (QED) is 0.911. The monoisotopic (exact) mass is 311 g/mol. The first-order chi connectivity index (χ1) is 10.2. The number of halogens is 3. The molecule has 0 saturated heterocycles. The summed E-state index contributed by atoms with van der Waals surface area (Å²) in [6.45, 7) is 3.75. The SMILES string of the molecule is CC(C)(CNC(=O)c1ccn[nH]1)c1cccc(C(F)(F)F)c1. The predicted molar refractivity (Wildman–Crippen MR) is 75.4 cm³/mol. The number of aromatic nitrogens is 2. The molecule has 118 valence electrons. The minimum Gasteiger partial charge on any atom is -0.350 e. The van der Waals surface area contributed by atoms with Crippen LogP contribution < -0.4 is 5.32 Å². The third kappa shape index (κ3) is 3.66. The van der Waals surface area contributed by atoms with E-state index in [2.05, 4.69) is 15.5 Å². The fraction of sp³-hybridized carbons (Fsp3) is 0.333. The summed E-state index contributed by atoms with van der Waals surface area (Å²) in [7, 11) is 0. The molecule has 2 N–H and O–H groups in total. The Bertz CT molecular complexity index is 648. The Hall–Kier alpha value is -2.31. The Morgan fingerprint density at radius 2 is 1.91 bits per heavy atom. The van der Waals surface area contributed by atoms with Crippen LogP contribution in [0.25, 0.3) is 0 Å². The third-order valence-electron chi connectivity index (χ3n) is 3.41. The Labute approximate surface area is 125 Å². The van der Waals surface area contributed by atoms with Crippen LogP contribution in [0.3, 0.4) is 0 Å². The van der Waals surface area contributed by atoms with E-state index in [0.717, 1.165) is 12.1 Å². The number of nitrogens with one attached hydrogen (secondary N) is 2. The van der Waals surface area contributed by atoms with Crippen LogP contribution in [0.2, 0.25) is 0 Å². The van der Waals surface area contributed by atoms with Gasteiger partial charge >= 0.3 is 6.18 Å². The minimum atomic E-state index is -4.38. The molecular formula is C15H16F3N3O. The molecule has 1 aromatic carbocycles. The molecule has 0 atom stereocenters. The number of carbonyl (C=O) groups excluding carboxylic acids is 1. The van der Waals surface area contributed by atoms with Crippen molar-refractivity contribution in [1.29, 1.82) is 0 Å². The van der Waals surface area contributed by atoms with E-state index in [4.69, 9.17) is 0 Å². The number of benzene rings is 1. The van der Waals surface area contributed by atoms with Gasteiger partial charge in [0, 0.05) is 18.2 Å². The summed E-state index contributed by atoms with van der Waals surface area (Å²) in [6, 6.07) is 6.66. The summed E-state index contributed by atoms with van der Waals surface area (Å²) >= 11 is 0. The first-order valence-corrected chi connectivity index (χ1v) is 6.65. The molecule has 0 radical (unpaired) electrons. The van der Waals surface area contributed by atoms with E-state index in [-0.39, 0.29) is 12.5 Å². The Kier molecular flexibility index (Phi) is 4.25. The molecule has 1 aromatic heterocycles. The predicted octanol–water partition coefficient (Wildman–Crippen LogP) is 3.14. The lowest BCUT2D eigenvalue weighted by Crippen LogP contribution is -2.37. The van der Waals surface area contributed by atoms with Gasteiger partial charge in [-0.2, -0.15) is 18.3 Å². The number of hydrogen-bond acceptors (Lipinski definition) is 2. The molecule has 1 heterocycles. The van der Waals surface area contributed by atoms with Gasteiger partial charge in [-0.05, 0) is 17.7 Å². The topological polar surface area (TPSA) is 57.8 Å². The highest BCUT2D eigenvalue weighted by Crippen LogP contribution is 2.32. The second kappa shape index (κ2) is 5.82. The van der Waals surface area contributed by atoms with Crippen LogP contribution in [0.15, 0.2) is 36.5 Å². The average Bonchev–Trinajstić information content (AvgIpc) is 2.98. The molecule has 2 rings (SSSR count). The molecule has 0 spiro atoms. The van der Waals surface area contributed by atoms with Crippen LogP contribution in [0, 0.1) is 0 Å². The summed E-state index contributed by atoms with van der Waals surface area (Å²) in [5.41, 5.74) is -0.526. The maximum absolute atomic E-state index is 12.8. The number of amides is 1. The molecule has 7 heteroatoms. The van der Waals surface area contributed by atoms with Crippen molar-refractivity contribution in [3.8, 4) is 0 Å². The number of nitrogens with zero attached hydrogens (tertiary/aromatic N) is 1. The third-order valence-corrected chi connectivity index (χ3v) is 3.41. The number of hydrogen-bond donors (Lipinski definition) is 2. The number of aromatic amines is 1. The summed E-state index contributed by atoms with van der Waals surface area (Å²) < 4.78 is 38.3. The molecule has 0 unspecified atom stereocenters.